The van der Waals surface area contributed by atoms with Gasteiger partial charge in [0, 0.05) is 30.0 Å². The molecule has 2 heterocycles. The molecule has 35 heavy (non-hydrogen) atoms. The second kappa shape index (κ2) is 10.4. The molecule has 2 aromatic carbocycles. The molecule has 0 spiro atoms. The second-order valence-corrected chi connectivity index (χ2v) is 8.38. The number of halogens is 1. The number of amides is 4. The van der Waals surface area contributed by atoms with Gasteiger partial charge in [0.15, 0.2) is 0 Å². The Bertz CT molecular complexity index is 1230. The lowest BCUT2D eigenvalue weighted by molar-refractivity contribution is -0.132. The lowest BCUT2D eigenvalue weighted by Crippen LogP contribution is -2.58. The molecule has 10 heteroatoms. The first-order valence-electron chi connectivity index (χ1n) is 11.0. The normalized spacial score (nSPS) is 15.8. The summed E-state index contributed by atoms with van der Waals surface area (Å²) in [6.07, 6.45) is 2.45. The van der Waals surface area contributed by atoms with Gasteiger partial charge in [-0.15, -0.1) is 0 Å². The molecule has 1 fully saturated rings. The van der Waals surface area contributed by atoms with Crippen molar-refractivity contribution in [3.8, 4) is 11.5 Å². The van der Waals surface area contributed by atoms with Crippen LogP contribution >= 0.6 is 11.6 Å². The van der Waals surface area contributed by atoms with Crippen LogP contribution in [0.5, 0.6) is 11.5 Å². The van der Waals surface area contributed by atoms with Gasteiger partial charge in [0.05, 0.1) is 18.2 Å². The molecule has 1 aliphatic rings. The summed E-state index contributed by atoms with van der Waals surface area (Å²) < 4.78 is 5.75. The van der Waals surface area contributed by atoms with Crippen molar-refractivity contribution in [1.82, 2.24) is 14.8 Å². The van der Waals surface area contributed by atoms with Gasteiger partial charge in [-0.1, -0.05) is 23.7 Å². The van der Waals surface area contributed by atoms with Gasteiger partial charge in [0.1, 0.15) is 17.7 Å². The number of hydrogen-bond acceptors (Lipinski definition) is 6. The zero-order chi connectivity index (χ0) is 24.9. The van der Waals surface area contributed by atoms with Crippen LogP contribution in [0.3, 0.4) is 0 Å². The van der Waals surface area contributed by atoms with Crippen molar-refractivity contribution >= 4 is 35.1 Å². The van der Waals surface area contributed by atoms with E-state index in [2.05, 4.69) is 10.3 Å². The number of nitrogens with one attached hydrogen (secondary N) is 1. The first-order chi connectivity index (χ1) is 16.8. The van der Waals surface area contributed by atoms with E-state index in [1.807, 2.05) is 12.1 Å². The second-order valence-electron chi connectivity index (χ2n) is 7.94. The minimum Gasteiger partial charge on any atom is -0.456 e. The van der Waals surface area contributed by atoms with Crippen LogP contribution in [0.15, 0.2) is 67.0 Å². The molecule has 1 unspecified atom stereocenters. The Balaban J connectivity index is 1.49. The number of imide groups is 1. The van der Waals surface area contributed by atoms with Crippen LogP contribution in [0.2, 0.25) is 5.02 Å². The lowest BCUT2D eigenvalue weighted by Gasteiger charge is -2.40. The molecular formula is C25H24ClN5O4. The number of benzene rings is 2. The maximum atomic E-state index is 13.1. The monoisotopic (exact) mass is 493 g/mol. The molecule has 0 saturated carbocycles. The minimum absolute atomic E-state index is 0.136. The third kappa shape index (κ3) is 5.70. The Morgan fingerprint density at radius 2 is 1.83 bits per heavy atom. The lowest BCUT2D eigenvalue weighted by atomic mass is 10.1. The fourth-order valence-electron chi connectivity index (χ4n) is 3.74. The third-order valence-electron chi connectivity index (χ3n) is 5.53. The molecular weight excluding hydrogens is 470 g/mol. The summed E-state index contributed by atoms with van der Waals surface area (Å²) in [5.74, 6) is 0.0669. The van der Waals surface area contributed by atoms with Crippen LogP contribution in [0.25, 0.3) is 0 Å². The number of carbonyl (C=O) groups is 3. The van der Waals surface area contributed by atoms with E-state index in [1.165, 1.54) is 23.4 Å². The summed E-state index contributed by atoms with van der Waals surface area (Å²) in [6.45, 7) is 2.40. The third-order valence-corrected chi connectivity index (χ3v) is 5.78. The molecule has 1 aromatic heterocycles. The zero-order valence-electron chi connectivity index (χ0n) is 19.0. The molecule has 0 aliphatic carbocycles. The van der Waals surface area contributed by atoms with Crippen molar-refractivity contribution in [1.29, 1.82) is 0 Å². The first kappa shape index (κ1) is 24.0. The van der Waals surface area contributed by atoms with E-state index in [4.69, 9.17) is 22.1 Å². The number of primary amides is 1. The summed E-state index contributed by atoms with van der Waals surface area (Å²) in [5.41, 5.74) is 7.13. The largest absolute Gasteiger partial charge is 0.456 e. The number of ether oxygens (including phenoxy) is 1. The maximum Gasteiger partial charge on any atom is 0.328 e. The topological polar surface area (TPSA) is 118 Å². The highest BCUT2D eigenvalue weighted by molar-refractivity contribution is 6.30. The van der Waals surface area contributed by atoms with Crippen LogP contribution in [0, 0.1) is 0 Å². The number of nitrogens with zero attached hydrogens (tertiary/aromatic N) is 3. The van der Waals surface area contributed by atoms with Gasteiger partial charge in [-0.3, -0.25) is 24.4 Å². The average molecular weight is 494 g/mol. The van der Waals surface area contributed by atoms with E-state index in [0.717, 1.165) is 5.56 Å². The molecule has 3 aromatic rings. The van der Waals surface area contributed by atoms with Gasteiger partial charge in [0.2, 0.25) is 11.8 Å². The molecule has 180 valence electrons. The number of aromatic nitrogens is 1. The molecule has 1 atom stereocenters. The van der Waals surface area contributed by atoms with E-state index < -0.39 is 12.1 Å². The average Bonchev–Trinajstić information content (AvgIpc) is 2.84. The van der Waals surface area contributed by atoms with Gasteiger partial charge in [-0.25, -0.2) is 4.79 Å². The summed E-state index contributed by atoms with van der Waals surface area (Å²) in [7, 11) is 0. The number of hydrogen-bond donors (Lipinski definition) is 2. The highest BCUT2D eigenvalue weighted by Gasteiger charge is 2.38. The van der Waals surface area contributed by atoms with Gasteiger partial charge in [-0.05, 0) is 55.0 Å². The number of anilines is 1. The number of carbonyl (C=O) groups excluding carboxylic acids is 3. The molecule has 9 nitrogen and oxygen atoms in total. The quantitative estimate of drug-likeness (QED) is 0.484. The Morgan fingerprint density at radius 3 is 2.49 bits per heavy atom. The summed E-state index contributed by atoms with van der Waals surface area (Å²) in [4.78, 5) is 43.8. The molecule has 3 N–H and O–H groups in total. The van der Waals surface area contributed by atoms with E-state index in [1.54, 1.807) is 48.2 Å². The molecule has 0 radical (unpaired) electrons. The van der Waals surface area contributed by atoms with Crippen molar-refractivity contribution in [2.75, 3.05) is 11.9 Å². The van der Waals surface area contributed by atoms with Crippen molar-refractivity contribution < 1.29 is 19.1 Å². The smallest absolute Gasteiger partial charge is 0.328 e. The van der Waals surface area contributed by atoms with Crippen LogP contribution in [0.1, 0.15) is 29.3 Å². The number of rotatable bonds is 8. The standard InChI is InChI=1S/C25H24ClN5O4/c1-2-30-23(32)12-22(31(25(30)34)15-16-3-5-18(26)6-4-16)29-19-7-9-20(10-8-19)35-21-11-17(24(27)33)13-28-14-21/h3-11,13-14,22,29H,2,12,15H2,1H3,(H2,27,33). The first-order valence-corrected chi connectivity index (χ1v) is 11.4. The Hall–Kier alpha value is -4.11. The van der Waals surface area contributed by atoms with E-state index in [-0.39, 0.29) is 23.9 Å². The van der Waals surface area contributed by atoms with E-state index in [9.17, 15) is 14.4 Å². The van der Waals surface area contributed by atoms with Crippen molar-refractivity contribution in [2.24, 2.45) is 5.73 Å². The van der Waals surface area contributed by atoms with Gasteiger partial charge in [0.25, 0.3) is 0 Å². The number of pyridine rings is 1. The van der Waals surface area contributed by atoms with Crippen LogP contribution in [0.4, 0.5) is 10.5 Å². The van der Waals surface area contributed by atoms with Crippen LogP contribution in [-0.2, 0) is 11.3 Å². The predicted octanol–water partition coefficient (Wildman–Crippen LogP) is 4.24. The van der Waals surface area contributed by atoms with Gasteiger partial charge >= 0.3 is 6.03 Å². The molecule has 4 amide bonds. The van der Waals surface area contributed by atoms with Crippen molar-refractivity contribution in [3.05, 3.63) is 83.1 Å². The fourth-order valence-corrected chi connectivity index (χ4v) is 3.87. The van der Waals surface area contributed by atoms with Crippen LogP contribution in [-0.4, -0.2) is 45.3 Å². The van der Waals surface area contributed by atoms with E-state index >= 15 is 0 Å². The SMILES string of the molecule is CCN1C(=O)CC(Nc2ccc(Oc3cncc(C(N)=O)c3)cc2)N(Cc2ccc(Cl)cc2)C1=O. The summed E-state index contributed by atoms with van der Waals surface area (Å²) in [6, 6.07) is 15.4. The Kier molecular flexibility index (Phi) is 7.17. The van der Waals surface area contributed by atoms with Crippen LogP contribution < -0.4 is 15.8 Å². The Morgan fingerprint density at radius 1 is 1.11 bits per heavy atom. The maximum absolute atomic E-state index is 13.1. The minimum atomic E-state index is -0.594. The highest BCUT2D eigenvalue weighted by Crippen LogP contribution is 2.26. The molecule has 0 bridgehead atoms. The van der Waals surface area contributed by atoms with Gasteiger partial charge in [-0.2, -0.15) is 0 Å². The number of urea groups is 1. The predicted molar refractivity (Wildman–Crippen MR) is 131 cm³/mol. The Labute approximate surface area is 207 Å². The molecule has 1 aliphatic heterocycles. The summed E-state index contributed by atoms with van der Waals surface area (Å²) >= 11 is 5.99. The highest BCUT2D eigenvalue weighted by atomic mass is 35.5. The van der Waals surface area contributed by atoms with Crippen molar-refractivity contribution in [3.63, 3.8) is 0 Å². The molecule has 4 rings (SSSR count). The fraction of sp³-hybridized carbons (Fsp3) is 0.200. The number of nitrogens with two attached hydrogens (primary N) is 1. The molecule has 1 saturated heterocycles. The zero-order valence-corrected chi connectivity index (χ0v) is 19.7. The summed E-state index contributed by atoms with van der Waals surface area (Å²) in [5, 5.41) is 3.90. The van der Waals surface area contributed by atoms with Gasteiger partial charge < -0.3 is 15.8 Å². The van der Waals surface area contributed by atoms with Crippen molar-refractivity contribution in [2.45, 2.75) is 26.1 Å². The van der Waals surface area contributed by atoms with E-state index in [0.29, 0.717) is 35.3 Å².